The molecular formula is C30H36ClN5O3. The van der Waals surface area contributed by atoms with E-state index in [2.05, 4.69) is 10.3 Å². The minimum absolute atomic E-state index is 0.0177. The van der Waals surface area contributed by atoms with E-state index in [-0.39, 0.29) is 28.7 Å². The molecule has 206 valence electrons. The van der Waals surface area contributed by atoms with E-state index in [0.717, 1.165) is 55.3 Å². The summed E-state index contributed by atoms with van der Waals surface area (Å²) in [5, 5.41) is 3.10. The van der Waals surface area contributed by atoms with Crippen LogP contribution < -0.4 is 16.6 Å². The van der Waals surface area contributed by atoms with Crippen molar-refractivity contribution in [3.8, 4) is 11.3 Å². The van der Waals surface area contributed by atoms with E-state index in [1.165, 1.54) is 0 Å². The van der Waals surface area contributed by atoms with Gasteiger partial charge < -0.3 is 19.8 Å². The average Bonchev–Trinajstić information content (AvgIpc) is 3.69. The van der Waals surface area contributed by atoms with Crippen LogP contribution in [0, 0.1) is 5.92 Å². The molecule has 3 heterocycles. The zero-order valence-electron chi connectivity index (χ0n) is 22.2. The summed E-state index contributed by atoms with van der Waals surface area (Å²) >= 11 is 6.48. The monoisotopic (exact) mass is 549 g/mol. The van der Waals surface area contributed by atoms with Gasteiger partial charge in [0.25, 0.3) is 5.56 Å². The van der Waals surface area contributed by atoms with Gasteiger partial charge in [-0.25, -0.2) is 9.59 Å². The maximum absolute atomic E-state index is 13.3. The summed E-state index contributed by atoms with van der Waals surface area (Å²) in [4.78, 5) is 44.0. The molecule has 1 aliphatic heterocycles. The third-order valence-corrected chi connectivity index (χ3v) is 8.95. The number of pyridine rings is 1. The van der Waals surface area contributed by atoms with Crippen molar-refractivity contribution in [1.82, 2.24) is 19.0 Å². The number of halogens is 1. The van der Waals surface area contributed by atoms with Crippen LogP contribution in [0.2, 0.25) is 0 Å². The first-order valence-corrected chi connectivity index (χ1v) is 14.7. The van der Waals surface area contributed by atoms with Crippen molar-refractivity contribution >= 4 is 23.3 Å². The number of H-pyrrole nitrogens is 1. The summed E-state index contributed by atoms with van der Waals surface area (Å²) < 4.78 is 3.56. The number of aromatic amines is 1. The first-order chi connectivity index (χ1) is 18.9. The van der Waals surface area contributed by atoms with Gasteiger partial charge in [-0.05, 0) is 74.0 Å². The fraction of sp³-hybridized carbons (Fsp3) is 0.500. The molecule has 2 atom stereocenters. The SMILES string of the molecule is O=C(Nc1cc(C2CCC[C@H](Cl)C2)cn(CC2CC2)c1=O)N1CCC(n2cc(-c3ccccc3)[nH]c2=O)CC1. The van der Waals surface area contributed by atoms with Crippen LogP contribution in [0.5, 0.6) is 0 Å². The maximum atomic E-state index is 13.3. The highest BCUT2D eigenvalue weighted by Crippen LogP contribution is 2.36. The van der Waals surface area contributed by atoms with E-state index in [4.69, 9.17) is 11.6 Å². The van der Waals surface area contributed by atoms with Crippen molar-refractivity contribution in [2.45, 2.75) is 75.2 Å². The van der Waals surface area contributed by atoms with Gasteiger partial charge in [0.15, 0.2) is 0 Å². The zero-order valence-corrected chi connectivity index (χ0v) is 22.9. The number of carbonyl (C=O) groups excluding carboxylic acids is 1. The molecule has 39 heavy (non-hydrogen) atoms. The van der Waals surface area contributed by atoms with Gasteiger partial charge in [-0.1, -0.05) is 36.8 Å². The number of nitrogens with one attached hydrogen (secondary N) is 2. The molecule has 3 aromatic rings. The van der Waals surface area contributed by atoms with Crippen molar-refractivity contribution < 1.29 is 4.79 Å². The van der Waals surface area contributed by atoms with Gasteiger partial charge in [-0.15, -0.1) is 11.6 Å². The molecule has 6 rings (SSSR count). The molecular weight excluding hydrogens is 514 g/mol. The Balaban J connectivity index is 1.14. The molecule has 1 unspecified atom stereocenters. The number of likely N-dealkylation sites (tertiary alicyclic amines) is 1. The Morgan fingerprint density at radius 3 is 2.49 bits per heavy atom. The number of carbonyl (C=O) groups is 1. The highest BCUT2D eigenvalue weighted by Gasteiger charge is 2.28. The van der Waals surface area contributed by atoms with Gasteiger partial charge in [0.05, 0.1) is 5.69 Å². The maximum Gasteiger partial charge on any atom is 0.326 e. The fourth-order valence-corrected chi connectivity index (χ4v) is 6.48. The number of anilines is 1. The Kier molecular flexibility index (Phi) is 7.38. The number of piperidine rings is 1. The average molecular weight is 550 g/mol. The van der Waals surface area contributed by atoms with E-state index < -0.39 is 0 Å². The van der Waals surface area contributed by atoms with Gasteiger partial charge in [0.2, 0.25) is 0 Å². The van der Waals surface area contributed by atoms with Crippen LogP contribution in [-0.4, -0.2) is 43.5 Å². The number of alkyl halides is 1. The zero-order chi connectivity index (χ0) is 26.9. The molecule has 3 fully saturated rings. The number of hydrogen-bond acceptors (Lipinski definition) is 3. The molecule has 2 aromatic heterocycles. The minimum atomic E-state index is -0.258. The summed E-state index contributed by atoms with van der Waals surface area (Å²) in [6.07, 6.45) is 11.6. The van der Waals surface area contributed by atoms with Crippen LogP contribution in [0.4, 0.5) is 10.5 Å². The van der Waals surface area contributed by atoms with Crippen molar-refractivity contribution in [2.24, 2.45) is 5.92 Å². The number of aromatic nitrogens is 3. The van der Waals surface area contributed by atoms with Gasteiger partial charge in [-0.3, -0.25) is 9.36 Å². The minimum Gasteiger partial charge on any atom is -0.324 e. The first-order valence-electron chi connectivity index (χ1n) is 14.3. The lowest BCUT2D eigenvalue weighted by Gasteiger charge is -2.32. The van der Waals surface area contributed by atoms with Gasteiger partial charge in [0, 0.05) is 43.4 Å². The smallest absolute Gasteiger partial charge is 0.324 e. The number of amides is 2. The predicted molar refractivity (Wildman–Crippen MR) is 154 cm³/mol. The van der Waals surface area contributed by atoms with Crippen LogP contribution in [0.25, 0.3) is 11.3 Å². The summed E-state index contributed by atoms with van der Waals surface area (Å²) in [6, 6.07) is 11.4. The number of imidazole rings is 1. The number of benzene rings is 1. The lowest BCUT2D eigenvalue weighted by molar-refractivity contribution is 0.183. The lowest BCUT2D eigenvalue weighted by atomic mass is 9.84. The number of nitrogens with zero attached hydrogens (tertiary/aromatic N) is 3. The molecule has 1 aromatic carbocycles. The van der Waals surface area contributed by atoms with E-state index >= 15 is 0 Å². The first kappa shape index (κ1) is 26.0. The van der Waals surface area contributed by atoms with Gasteiger partial charge in [0.1, 0.15) is 5.69 Å². The number of rotatable bonds is 6. The third kappa shape index (κ3) is 5.86. The molecule has 0 radical (unpaired) electrons. The molecule has 2 aliphatic carbocycles. The van der Waals surface area contributed by atoms with E-state index in [1.807, 2.05) is 48.8 Å². The highest BCUT2D eigenvalue weighted by atomic mass is 35.5. The summed E-state index contributed by atoms with van der Waals surface area (Å²) in [7, 11) is 0. The van der Waals surface area contributed by atoms with Crippen molar-refractivity contribution in [1.29, 1.82) is 0 Å². The number of urea groups is 1. The summed E-state index contributed by atoms with van der Waals surface area (Å²) in [5.41, 5.74) is 2.93. The van der Waals surface area contributed by atoms with Crippen molar-refractivity contribution in [3.05, 3.63) is 75.2 Å². The second-order valence-electron chi connectivity index (χ2n) is 11.4. The van der Waals surface area contributed by atoms with Crippen LogP contribution in [0.1, 0.15) is 68.9 Å². The molecule has 0 spiro atoms. The summed E-state index contributed by atoms with van der Waals surface area (Å²) in [5.74, 6) is 0.853. The van der Waals surface area contributed by atoms with Crippen LogP contribution in [-0.2, 0) is 6.54 Å². The third-order valence-electron chi connectivity index (χ3n) is 8.56. The second kappa shape index (κ2) is 11.1. The Bertz CT molecular complexity index is 1430. The standard InChI is InChI=1S/C30H36ClN5O3/c31-24-8-4-7-22(15-24)23-16-26(28(37)35(18-23)17-20-9-10-20)32-29(38)34-13-11-25(12-14-34)36-19-27(33-30(36)39)21-5-2-1-3-6-21/h1-3,5-6,16,18-20,22,24-25H,4,7-15,17H2,(H,32,38)(H,33,39)/t22?,24-/m0/s1. The molecule has 0 bridgehead atoms. The molecule has 2 N–H and O–H groups in total. The van der Waals surface area contributed by atoms with E-state index in [1.54, 1.807) is 14.0 Å². The quantitative estimate of drug-likeness (QED) is 0.395. The Morgan fingerprint density at radius 2 is 1.77 bits per heavy atom. The van der Waals surface area contributed by atoms with Crippen LogP contribution in [0.3, 0.4) is 0 Å². The summed E-state index contributed by atoms with van der Waals surface area (Å²) in [6.45, 7) is 1.73. The van der Waals surface area contributed by atoms with Crippen LogP contribution >= 0.6 is 11.6 Å². The molecule has 3 aliphatic rings. The topological polar surface area (TPSA) is 92.1 Å². The largest absolute Gasteiger partial charge is 0.326 e. The predicted octanol–water partition coefficient (Wildman–Crippen LogP) is 5.55. The Hall–Kier alpha value is -3.26. The van der Waals surface area contributed by atoms with Crippen molar-refractivity contribution in [2.75, 3.05) is 18.4 Å². The number of hydrogen-bond donors (Lipinski definition) is 2. The Morgan fingerprint density at radius 1 is 1.00 bits per heavy atom. The molecule has 2 amide bonds. The van der Waals surface area contributed by atoms with E-state index in [0.29, 0.717) is 50.0 Å². The van der Waals surface area contributed by atoms with Gasteiger partial charge in [-0.2, -0.15) is 0 Å². The molecule has 9 heteroatoms. The van der Waals surface area contributed by atoms with Gasteiger partial charge >= 0.3 is 11.7 Å². The molecule has 2 saturated carbocycles. The van der Waals surface area contributed by atoms with E-state index in [9.17, 15) is 14.4 Å². The fourth-order valence-electron chi connectivity index (χ4n) is 6.11. The van der Waals surface area contributed by atoms with Crippen LogP contribution in [0.15, 0.2) is 58.4 Å². The van der Waals surface area contributed by atoms with Crippen molar-refractivity contribution in [3.63, 3.8) is 0 Å². The highest BCUT2D eigenvalue weighted by molar-refractivity contribution is 6.20. The Labute approximate surface area is 233 Å². The lowest BCUT2D eigenvalue weighted by Crippen LogP contribution is -2.43. The normalized spacial score (nSPS) is 22.1. The molecule has 8 nitrogen and oxygen atoms in total. The molecule has 1 saturated heterocycles. The second-order valence-corrected chi connectivity index (χ2v) is 12.1.